The quantitative estimate of drug-likeness (QED) is 0.874. The van der Waals surface area contributed by atoms with Gasteiger partial charge in [-0.3, -0.25) is 13.9 Å². The Hall–Kier alpha value is -1.57. The number of alkyl halides is 3. The van der Waals surface area contributed by atoms with E-state index in [1.165, 1.54) is 0 Å². The number of hydrogen-bond acceptors (Lipinski definition) is 3. The van der Waals surface area contributed by atoms with Crippen molar-refractivity contribution in [2.75, 3.05) is 0 Å². The van der Waals surface area contributed by atoms with Crippen molar-refractivity contribution in [3.05, 3.63) is 31.8 Å². The molecule has 0 fully saturated rings. The first-order valence-corrected chi connectivity index (χ1v) is 6.92. The first-order chi connectivity index (χ1) is 9.26. The van der Waals surface area contributed by atoms with Crippen LogP contribution in [0.5, 0.6) is 0 Å². The Labute approximate surface area is 116 Å². The summed E-state index contributed by atoms with van der Waals surface area (Å²) in [6.07, 6.45) is -5.44. The highest BCUT2D eigenvalue weighted by molar-refractivity contribution is 7.17. The average molecular weight is 306 g/mol. The molecule has 0 saturated carbocycles. The van der Waals surface area contributed by atoms with Crippen molar-refractivity contribution in [1.82, 2.24) is 9.13 Å². The van der Waals surface area contributed by atoms with Crippen LogP contribution < -0.4 is 11.2 Å². The van der Waals surface area contributed by atoms with Gasteiger partial charge in [0.25, 0.3) is 5.56 Å². The van der Waals surface area contributed by atoms with Crippen molar-refractivity contribution in [3.63, 3.8) is 0 Å². The van der Waals surface area contributed by atoms with Gasteiger partial charge in [-0.15, -0.1) is 11.3 Å². The third kappa shape index (κ3) is 2.52. The first kappa shape index (κ1) is 14.8. The van der Waals surface area contributed by atoms with Gasteiger partial charge < -0.3 is 0 Å². The summed E-state index contributed by atoms with van der Waals surface area (Å²) in [4.78, 5) is 24.6. The van der Waals surface area contributed by atoms with E-state index in [4.69, 9.17) is 0 Å². The highest BCUT2D eigenvalue weighted by Crippen LogP contribution is 2.24. The lowest BCUT2D eigenvalue weighted by atomic mass is 10.2. The zero-order chi connectivity index (χ0) is 15.1. The Morgan fingerprint density at radius 1 is 1.25 bits per heavy atom. The predicted molar refractivity (Wildman–Crippen MR) is 71.4 cm³/mol. The van der Waals surface area contributed by atoms with Crippen molar-refractivity contribution in [2.45, 2.75) is 39.5 Å². The topological polar surface area (TPSA) is 44.0 Å². The van der Waals surface area contributed by atoms with Gasteiger partial charge in [0.1, 0.15) is 4.83 Å². The molecule has 2 aromatic heterocycles. The minimum atomic E-state index is -4.34. The molecule has 2 aromatic rings. The molecule has 0 radical (unpaired) electrons. The van der Waals surface area contributed by atoms with Crippen molar-refractivity contribution in [2.24, 2.45) is 0 Å². The Bertz CT molecular complexity index is 755. The van der Waals surface area contributed by atoms with Crippen LogP contribution in [0, 0.1) is 6.92 Å². The van der Waals surface area contributed by atoms with Gasteiger partial charge in [0.2, 0.25) is 0 Å². The number of thiophene rings is 1. The number of aromatic nitrogens is 2. The maximum absolute atomic E-state index is 12.4. The highest BCUT2D eigenvalue weighted by Gasteiger charge is 2.28. The van der Waals surface area contributed by atoms with E-state index >= 15 is 0 Å². The number of hydrogen-bond donors (Lipinski definition) is 0. The largest absolute Gasteiger partial charge is 0.390 e. The van der Waals surface area contributed by atoms with Gasteiger partial charge in [-0.1, -0.05) is 0 Å². The number of rotatable bonds is 3. The predicted octanol–water partition coefficient (Wildman–Crippen LogP) is 2.51. The average Bonchev–Trinajstić information content (AvgIpc) is 2.70. The summed E-state index contributed by atoms with van der Waals surface area (Å²) < 4.78 is 39.1. The molecule has 0 atom stereocenters. The number of aryl methyl sites for hydroxylation is 2. The van der Waals surface area contributed by atoms with Crippen molar-refractivity contribution >= 4 is 21.6 Å². The van der Waals surface area contributed by atoms with E-state index in [0.29, 0.717) is 15.8 Å². The molecule has 0 aliphatic carbocycles. The number of fused-ring (bicyclic) bond motifs is 1. The lowest BCUT2D eigenvalue weighted by molar-refractivity contribution is -0.136. The molecule has 2 heterocycles. The lowest BCUT2D eigenvalue weighted by Gasteiger charge is -2.12. The normalized spacial score (nSPS) is 12.2. The summed E-state index contributed by atoms with van der Waals surface area (Å²) in [5.41, 5.74) is -0.441. The van der Waals surface area contributed by atoms with Crippen molar-refractivity contribution < 1.29 is 13.2 Å². The van der Waals surface area contributed by atoms with Crippen LogP contribution >= 0.6 is 11.3 Å². The van der Waals surface area contributed by atoms with E-state index in [0.717, 1.165) is 20.5 Å². The molecule has 0 aliphatic heterocycles. The van der Waals surface area contributed by atoms with E-state index < -0.39 is 30.4 Å². The molecule has 4 nitrogen and oxygen atoms in total. The van der Waals surface area contributed by atoms with Crippen LogP contribution in [0.25, 0.3) is 10.2 Å². The second-order valence-electron chi connectivity index (χ2n) is 4.45. The van der Waals surface area contributed by atoms with Gasteiger partial charge >= 0.3 is 11.9 Å². The summed E-state index contributed by atoms with van der Waals surface area (Å²) in [7, 11) is 0. The highest BCUT2D eigenvalue weighted by atomic mass is 32.1. The summed E-state index contributed by atoms with van der Waals surface area (Å²) >= 11 is 1.12. The van der Waals surface area contributed by atoms with Gasteiger partial charge in [0.15, 0.2) is 0 Å². The zero-order valence-electron chi connectivity index (χ0n) is 11.0. The molecular formula is C12H13F3N2O2S. The van der Waals surface area contributed by atoms with E-state index in [-0.39, 0.29) is 6.54 Å². The van der Waals surface area contributed by atoms with Crippen molar-refractivity contribution in [3.8, 4) is 0 Å². The van der Waals surface area contributed by atoms with Crippen LogP contribution in [-0.2, 0) is 13.1 Å². The van der Waals surface area contributed by atoms with Crippen LogP contribution in [0.3, 0.4) is 0 Å². The Morgan fingerprint density at radius 2 is 1.90 bits per heavy atom. The van der Waals surface area contributed by atoms with Crippen LogP contribution in [0.2, 0.25) is 0 Å². The van der Waals surface area contributed by atoms with Crippen molar-refractivity contribution in [1.29, 1.82) is 0 Å². The van der Waals surface area contributed by atoms with Crippen LogP contribution in [0.4, 0.5) is 13.2 Å². The van der Waals surface area contributed by atoms with E-state index in [1.807, 2.05) is 0 Å². The van der Waals surface area contributed by atoms with E-state index in [9.17, 15) is 22.8 Å². The van der Waals surface area contributed by atoms with Gasteiger partial charge in [-0.2, -0.15) is 13.2 Å². The molecule has 20 heavy (non-hydrogen) atoms. The first-order valence-electron chi connectivity index (χ1n) is 6.04. The van der Waals surface area contributed by atoms with Gasteiger partial charge in [0, 0.05) is 13.1 Å². The maximum Gasteiger partial charge on any atom is 0.390 e. The zero-order valence-corrected chi connectivity index (χ0v) is 11.8. The van der Waals surface area contributed by atoms with Crippen LogP contribution in [0.1, 0.15) is 18.9 Å². The standard InChI is InChI=1S/C12H13F3N2O2S/c1-3-16-9(18)8-7(2)6-20-10(8)17(11(16)19)5-4-12(13,14)15/h6H,3-5H2,1-2H3. The Balaban J connectivity index is 2.70. The SMILES string of the molecule is CCn1c(=O)c2c(C)csc2n(CCC(F)(F)F)c1=O. The van der Waals surface area contributed by atoms with Crippen LogP contribution in [0.15, 0.2) is 15.0 Å². The molecule has 0 aliphatic rings. The summed E-state index contributed by atoms with van der Waals surface area (Å²) in [5, 5.41) is 2.01. The van der Waals surface area contributed by atoms with E-state index in [1.54, 1.807) is 19.2 Å². The second kappa shape index (κ2) is 5.08. The minimum absolute atomic E-state index is 0.134. The second-order valence-corrected chi connectivity index (χ2v) is 5.31. The molecular weight excluding hydrogens is 293 g/mol. The fourth-order valence-corrected chi connectivity index (χ4v) is 3.13. The molecule has 0 N–H and O–H groups in total. The van der Waals surface area contributed by atoms with Gasteiger partial charge in [-0.25, -0.2) is 4.79 Å². The van der Waals surface area contributed by atoms with Gasteiger partial charge in [-0.05, 0) is 24.8 Å². The molecule has 110 valence electrons. The Kier molecular flexibility index (Phi) is 3.77. The monoisotopic (exact) mass is 306 g/mol. The molecule has 0 aromatic carbocycles. The third-order valence-corrected chi connectivity index (χ3v) is 4.18. The molecule has 8 heteroatoms. The minimum Gasteiger partial charge on any atom is -0.284 e. The van der Waals surface area contributed by atoms with E-state index in [2.05, 4.69) is 0 Å². The molecule has 0 saturated heterocycles. The van der Waals surface area contributed by atoms with Crippen LogP contribution in [-0.4, -0.2) is 15.3 Å². The molecule has 0 unspecified atom stereocenters. The summed E-state index contributed by atoms with van der Waals surface area (Å²) in [6, 6.07) is 0. The summed E-state index contributed by atoms with van der Waals surface area (Å²) in [5.74, 6) is 0. The lowest BCUT2D eigenvalue weighted by Crippen LogP contribution is -2.39. The molecule has 2 rings (SSSR count). The maximum atomic E-state index is 12.4. The molecule has 0 spiro atoms. The third-order valence-electron chi connectivity index (χ3n) is 3.06. The fraction of sp³-hybridized carbons (Fsp3) is 0.500. The van der Waals surface area contributed by atoms with Gasteiger partial charge in [0.05, 0.1) is 11.8 Å². The molecule has 0 bridgehead atoms. The molecule has 0 amide bonds. The fourth-order valence-electron chi connectivity index (χ4n) is 2.06. The smallest absolute Gasteiger partial charge is 0.284 e. The summed E-state index contributed by atoms with van der Waals surface area (Å²) in [6.45, 7) is 2.98. The number of halogens is 3. The Morgan fingerprint density at radius 3 is 2.45 bits per heavy atom. The number of nitrogens with zero attached hydrogens (tertiary/aromatic N) is 2.